The fraction of sp³-hybridized carbons (Fsp3) is 0.588. The highest BCUT2D eigenvalue weighted by Crippen LogP contribution is 2.44. The molecule has 0 spiro atoms. The summed E-state index contributed by atoms with van der Waals surface area (Å²) < 4.78 is 19.1. The van der Waals surface area contributed by atoms with Crippen LogP contribution in [0.4, 0.5) is 10.1 Å². The lowest BCUT2D eigenvalue weighted by molar-refractivity contribution is -0.128. The van der Waals surface area contributed by atoms with Crippen molar-refractivity contribution in [2.75, 3.05) is 25.0 Å². The Bertz CT molecular complexity index is 564. The molecular formula is C17H23FN2O2. The summed E-state index contributed by atoms with van der Waals surface area (Å²) in [6.07, 6.45) is 4.29. The van der Waals surface area contributed by atoms with Gasteiger partial charge in [0.2, 0.25) is 5.91 Å². The van der Waals surface area contributed by atoms with E-state index in [1.807, 2.05) is 6.92 Å². The molecule has 3 rings (SSSR count). The van der Waals surface area contributed by atoms with Crippen LogP contribution in [0.2, 0.25) is 0 Å². The van der Waals surface area contributed by atoms with Crippen LogP contribution in [0.25, 0.3) is 0 Å². The van der Waals surface area contributed by atoms with Crippen LogP contribution >= 0.6 is 0 Å². The molecule has 1 saturated carbocycles. The Morgan fingerprint density at radius 2 is 2.36 bits per heavy atom. The molecule has 5 heteroatoms. The third-order valence-corrected chi connectivity index (χ3v) is 4.98. The van der Waals surface area contributed by atoms with Crippen LogP contribution in [0.1, 0.15) is 32.6 Å². The number of hydrogen-bond acceptors (Lipinski definition) is 3. The number of halogens is 1. The lowest BCUT2D eigenvalue weighted by Crippen LogP contribution is -2.44. The predicted octanol–water partition coefficient (Wildman–Crippen LogP) is 2.94. The summed E-state index contributed by atoms with van der Waals surface area (Å²) in [5.41, 5.74) is 0.171. The molecule has 1 aromatic rings. The molecule has 1 heterocycles. The molecule has 22 heavy (non-hydrogen) atoms. The predicted molar refractivity (Wildman–Crippen MR) is 83.5 cm³/mol. The van der Waals surface area contributed by atoms with Gasteiger partial charge in [0, 0.05) is 18.3 Å². The molecule has 1 aliphatic heterocycles. The van der Waals surface area contributed by atoms with Gasteiger partial charge in [0.1, 0.15) is 0 Å². The summed E-state index contributed by atoms with van der Waals surface area (Å²) >= 11 is 0. The molecule has 4 nitrogen and oxygen atoms in total. The molecule has 120 valence electrons. The molecule has 0 radical (unpaired) electrons. The van der Waals surface area contributed by atoms with Crippen LogP contribution in [0.5, 0.6) is 5.75 Å². The van der Waals surface area contributed by atoms with Crippen molar-refractivity contribution in [1.29, 1.82) is 0 Å². The largest absolute Gasteiger partial charge is 0.491 e. The molecule has 1 aliphatic carbocycles. The van der Waals surface area contributed by atoms with Crippen molar-refractivity contribution in [1.82, 2.24) is 5.32 Å². The lowest BCUT2D eigenvalue weighted by Gasteiger charge is -2.37. The smallest absolute Gasteiger partial charge is 0.232 e. The quantitative estimate of drug-likeness (QED) is 0.899. The number of rotatable bonds is 4. The summed E-state index contributed by atoms with van der Waals surface area (Å²) in [7, 11) is 0. The van der Waals surface area contributed by atoms with Gasteiger partial charge < -0.3 is 15.4 Å². The number of ether oxygens (including phenoxy) is 1. The zero-order valence-electron chi connectivity index (χ0n) is 13.0. The van der Waals surface area contributed by atoms with E-state index in [1.54, 1.807) is 12.1 Å². The van der Waals surface area contributed by atoms with E-state index in [0.717, 1.165) is 32.4 Å². The van der Waals surface area contributed by atoms with Gasteiger partial charge in [-0.1, -0.05) is 12.8 Å². The van der Waals surface area contributed by atoms with Crippen LogP contribution in [-0.4, -0.2) is 25.6 Å². The summed E-state index contributed by atoms with van der Waals surface area (Å²) in [4.78, 5) is 12.8. The number of nitrogens with one attached hydrogen (secondary N) is 2. The minimum absolute atomic E-state index is 0.0192. The number of anilines is 1. The lowest BCUT2D eigenvalue weighted by atomic mass is 9.67. The van der Waals surface area contributed by atoms with Crippen molar-refractivity contribution in [3.8, 4) is 5.75 Å². The summed E-state index contributed by atoms with van der Waals surface area (Å²) in [6, 6.07) is 4.60. The molecule has 2 aliphatic rings. The van der Waals surface area contributed by atoms with Gasteiger partial charge in [-0.25, -0.2) is 4.39 Å². The average molecular weight is 306 g/mol. The molecule has 2 fully saturated rings. The first-order chi connectivity index (χ1) is 10.7. The van der Waals surface area contributed by atoms with Gasteiger partial charge in [-0.2, -0.15) is 0 Å². The van der Waals surface area contributed by atoms with E-state index in [4.69, 9.17) is 4.74 Å². The third-order valence-electron chi connectivity index (χ3n) is 4.98. The first-order valence-corrected chi connectivity index (χ1v) is 8.10. The van der Waals surface area contributed by atoms with Gasteiger partial charge >= 0.3 is 0 Å². The van der Waals surface area contributed by atoms with Crippen molar-refractivity contribution in [2.24, 2.45) is 11.3 Å². The van der Waals surface area contributed by atoms with E-state index in [1.165, 1.54) is 12.5 Å². The molecule has 0 unspecified atom stereocenters. The summed E-state index contributed by atoms with van der Waals surface area (Å²) in [6.45, 7) is 3.86. The van der Waals surface area contributed by atoms with Gasteiger partial charge in [0.15, 0.2) is 11.6 Å². The number of carbonyl (C=O) groups excluding carboxylic acids is 1. The van der Waals surface area contributed by atoms with Crippen molar-refractivity contribution in [2.45, 2.75) is 32.6 Å². The Kier molecular flexibility index (Phi) is 4.34. The molecule has 2 N–H and O–H groups in total. The second-order valence-corrected chi connectivity index (χ2v) is 6.26. The number of amides is 1. The number of carbonyl (C=O) groups is 1. The van der Waals surface area contributed by atoms with Crippen LogP contribution in [0, 0.1) is 17.2 Å². The standard InChI is InChI=1S/C17H23FN2O2/c1-2-22-15-7-6-13(9-14(15)18)20-16(21)17-8-4-3-5-12(17)10-19-11-17/h6-7,9,12,19H,2-5,8,10-11H2,1H3,(H,20,21)/t12-,17+/m0/s1. The molecule has 0 bridgehead atoms. The van der Waals surface area contributed by atoms with Gasteiger partial charge in [-0.05, 0) is 44.4 Å². The fourth-order valence-electron chi connectivity index (χ4n) is 3.80. The van der Waals surface area contributed by atoms with E-state index in [9.17, 15) is 9.18 Å². The Morgan fingerprint density at radius 3 is 3.14 bits per heavy atom. The van der Waals surface area contributed by atoms with Crippen LogP contribution < -0.4 is 15.4 Å². The Balaban J connectivity index is 1.75. The van der Waals surface area contributed by atoms with Gasteiger partial charge in [-0.15, -0.1) is 0 Å². The molecule has 0 aromatic heterocycles. The van der Waals surface area contributed by atoms with Crippen LogP contribution in [0.3, 0.4) is 0 Å². The van der Waals surface area contributed by atoms with E-state index < -0.39 is 5.82 Å². The average Bonchev–Trinajstić information content (AvgIpc) is 2.95. The first kappa shape index (κ1) is 15.3. The highest BCUT2D eigenvalue weighted by Gasteiger charge is 2.49. The zero-order valence-corrected chi connectivity index (χ0v) is 13.0. The zero-order chi connectivity index (χ0) is 15.6. The number of fused-ring (bicyclic) bond motifs is 1. The number of benzene rings is 1. The van der Waals surface area contributed by atoms with Crippen molar-refractivity contribution in [3.63, 3.8) is 0 Å². The SMILES string of the molecule is CCOc1ccc(NC(=O)[C@@]23CCCC[C@H]2CNC3)cc1F. The van der Waals surface area contributed by atoms with Crippen molar-refractivity contribution < 1.29 is 13.9 Å². The Labute approximate surface area is 130 Å². The van der Waals surface area contributed by atoms with E-state index in [-0.39, 0.29) is 17.1 Å². The second-order valence-electron chi connectivity index (χ2n) is 6.26. The summed E-state index contributed by atoms with van der Waals surface area (Å²) in [5.74, 6) is 0.193. The second kappa shape index (κ2) is 6.24. The van der Waals surface area contributed by atoms with Crippen LogP contribution in [-0.2, 0) is 4.79 Å². The normalized spacial score (nSPS) is 27.3. The maximum atomic E-state index is 13.9. The van der Waals surface area contributed by atoms with E-state index in [0.29, 0.717) is 18.2 Å². The molecular weight excluding hydrogens is 283 g/mol. The monoisotopic (exact) mass is 306 g/mol. The van der Waals surface area contributed by atoms with Gasteiger partial charge in [0.25, 0.3) is 0 Å². The van der Waals surface area contributed by atoms with Crippen molar-refractivity contribution in [3.05, 3.63) is 24.0 Å². The molecule has 2 atom stereocenters. The molecule has 1 amide bonds. The molecule has 1 saturated heterocycles. The van der Waals surface area contributed by atoms with Gasteiger partial charge in [-0.3, -0.25) is 4.79 Å². The topological polar surface area (TPSA) is 50.4 Å². The molecule has 1 aromatic carbocycles. The van der Waals surface area contributed by atoms with Crippen molar-refractivity contribution >= 4 is 11.6 Å². The maximum Gasteiger partial charge on any atom is 0.232 e. The van der Waals surface area contributed by atoms with E-state index >= 15 is 0 Å². The highest BCUT2D eigenvalue weighted by atomic mass is 19.1. The van der Waals surface area contributed by atoms with Crippen LogP contribution in [0.15, 0.2) is 18.2 Å². The first-order valence-electron chi connectivity index (χ1n) is 8.10. The minimum Gasteiger partial charge on any atom is -0.491 e. The maximum absolute atomic E-state index is 13.9. The summed E-state index contributed by atoms with van der Waals surface area (Å²) in [5, 5.41) is 6.26. The third kappa shape index (κ3) is 2.70. The van der Waals surface area contributed by atoms with E-state index in [2.05, 4.69) is 10.6 Å². The fourth-order valence-corrected chi connectivity index (χ4v) is 3.80. The Hall–Kier alpha value is -1.62. The van der Waals surface area contributed by atoms with Gasteiger partial charge in [0.05, 0.1) is 12.0 Å². The minimum atomic E-state index is -0.443. The number of hydrogen-bond donors (Lipinski definition) is 2. The Morgan fingerprint density at radius 1 is 1.50 bits per heavy atom. The highest BCUT2D eigenvalue weighted by molar-refractivity contribution is 5.96.